The number of aliphatic carboxylic acids is 1. The molecule has 2 saturated carbocycles. The zero-order chi connectivity index (χ0) is 22.0. The van der Waals surface area contributed by atoms with E-state index in [0.717, 1.165) is 56.9 Å². The van der Waals surface area contributed by atoms with Crippen molar-refractivity contribution in [2.45, 2.75) is 89.2 Å². The van der Waals surface area contributed by atoms with Crippen molar-refractivity contribution in [3.63, 3.8) is 0 Å². The Bertz CT molecular complexity index is 1010. The molecule has 1 heterocycles. The molecule has 0 amide bonds. The summed E-state index contributed by atoms with van der Waals surface area (Å²) in [6.45, 7) is 1.68. The molecule has 6 nitrogen and oxygen atoms in total. The summed E-state index contributed by atoms with van der Waals surface area (Å²) in [6.07, 6.45) is 10.2. The fourth-order valence-corrected chi connectivity index (χ4v) is 5.11. The number of rotatable bonds is 7. The first-order valence-corrected chi connectivity index (χ1v) is 11.5. The van der Waals surface area contributed by atoms with Crippen molar-refractivity contribution in [3.8, 4) is 5.75 Å². The van der Waals surface area contributed by atoms with Gasteiger partial charge >= 0.3 is 5.97 Å². The number of halogens is 1. The van der Waals surface area contributed by atoms with Gasteiger partial charge in [-0.15, -0.1) is 0 Å². The van der Waals surface area contributed by atoms with Crippen LogP contribution in [0.1, 0.15) is 82.6 Å². The van der Waals surface area contributed by atoms with Crippen molar-refractivity contribution in [3.05, 3.63) is 33.9 Å². The van der Waals surface area contributed by atoms with Crippen LogP contribution < -0.4 is 15.5 Å². The monoisotopic (exact) mass is 430 g/mol. The van der Waals surface area contributed by atoms with E-state index < -0.39 is 23.3 Å². The fourth-order valence-electron chi connectivity index (χ4n) is 5.11. The maximum absolute atomic E-state index is 15.4. The molecule has 31 heavy (non-hydrogen) atoms. The molecule has 4 rings (SSSR count). The molecule has 2 aliphatic rings. The van der Waals surface area contributed by atoms with E-state index in [-0.39, 0.29) is 29.5 Å². The zero-order valence-electron chi connectivity index (χ0n) is 18.0. The van der Waals surface area contributed by atoms with Crippen LogP contribution in [0.3, 0.4) is 0 Å². The molecule has 0 aliphatic heterocycles. The lowest BCUT2D eigenvalue weighted by atomic mass is 9.90. The first-order valence-electron chi connectivity index (χ1n) is 11.5. The Kier molecular flexibility index (Phi) is 6.49. The van der Waals surface area contributed by atoms with Crippen LogP contribution in [-0.4, -0.2) is 28.2 Å². The summed E-state index contributed by atoms with van der Waals surface area (Å²) in [5.41, 5.74) is 1.53. The molecule has 0 spiro atoms. The van der Waals surface area contributed by atoms with Crippen LogP contribution in [0.15, 0.2) is 17.1 Å². The molecule has 2 aliphatic carbocycles. The van der Waals surface area contributed by atoms with Crippen molar-refractivity contribution < 1.29 is 19.0 Å². The van der Waals surface area contributed by atoms with Crippen molar-refractivity contribution in [2.75, 3.05) is 5.32 Å². The first kappa shape index (κ1) is 21.7. The quantitative estimate of drug-likeness (QED) is 0.554. The highest BCUT2D eigenvalue weighted by Crippen LogP contribution is 2.42. The third kappa shape index (κ3) is 4.41. The van der Waals surface area contributed by atoms with Gasteiger partial charge in [0.05, 0.1) is 16.6 Å². The summed E-state index contributed by atoms with van der Waals surface area (Å²) in [6, 6.07) is 1.52. The second kappa shape index (κ2) is 9.28. The van der Waals surface area contributed by atoms with Crippen LogP contribution in [0.25, 0.3) is 10.9 Å². The molecule has 0 saturated heterocycles. The number of anilines is 1. The third-order valence-electron chi connectivity index (χ3n) is 6.77. The van der Waals surface area contributed by atoms with E-state index in [9.17, 15) is 14.7 Å². The predicted molar refractivity (Wildman–Crippen MR) is 119 cm³/mol. The summed E-state index contributed by atoms with van der Waals surface area (Å²) in [4.78, 5) is 27.6. The number of carboxylic acid groups (broad SMARTS) is 1. The van der Waals surface area contributed by atoms with E-state index in [1.54, 1.807) is 6.92 Å². The van der Waals surface area contributed by atoms with Crippen molar-refractivity contribution in [2.24, 2.45) is 0 Å². The third-order valence-corrected chi connectivity index (χ3v) is 6.77. The second-order valence-corrected chi connectivity index (χ2v) is 8.87. The van der Waals surface area contributed by atoms with E-state index in [1.807, 2.05) is 0 Å². The number of fused-ring (bicyclic) bond motifs is 1. The van der Waals surface area contributed by atoms with Gasteiger partial charge in [0.25, 0.3) is 0 Å². The molecule has 168 valence electrons. The maximum atomic E-state index is 15.4. The Morgan fingerprint density at radius 1 is 1.23 bits per heavy atom. The van der Waals surface area contributed by atoms with E-state index in [0.29, 0.717) is 11.2 Å². The van der Waals surface area contributed by atoms with E-state index >= 15 is 4.39 Å². The number of H-pyrrole nitrogens is 1. The smallest absolute Gasteiger partial charge is 0.344 e. The number of carbonyl (C=O) groups is 1. The molecule has 3 N–H and O–H groups in total. The highest BCUT2D eigenvalue weighted by Gasteiger charge is 2.28. The van der Waals surface area contributed by atoms with Crippen molar-refractivity contribution in [1.29, 1.82) is 0 Å². The molecule has 0 bridgehead atoms. The standard InChI is InChI=1S/C24H31FN2O4/c1-2-18(24(29)30)31-19-13-26-21-16(23(19)28)12-17(25)22(20(21)14-8-6-7-9-14)27-15-10-4-3-5-11-15/h12-15,18,27H,2-11H2,1H3,(H,26,28)(H,29,30). The SMILES string of the molecule is CCC(Oc1c[nH]c2c(C3CCCC3)c(NC3CCCCC3)c(F)cc2c1=O)C(=O)O. The largest absolute Gasteiger partial charge is 0.479 e. The van der Waals surface area contributed by atoms with Crippen molar-refractivity contribution >= 4 is 22.6 Å². The summed E-state index contributed by atoms with van der Waals surface area (Å²) in [5, 5.41) is 12.9. The second-order valence-electron chi connectivity index (χ2n) is 8.87. The number of hydrogen-bond acceptors (Lipinski definition) is 4. The highest BCUT2D eigenvalue weighted by molar-refractivity contribution is 5.88. The number of aromatic amines is 1. The van der Waals surface area contributed by atoms with E-state index in [4.69, 9.17) is 4.74 Å². The van der Waals surface area contributed by atoms with Crippen LogP contribution in [0.5, 0.6) is 5.75 Å². The van der Waals surface area contributed by atoms with Gasteiger partial charge in [-0.05, 0) is 44.1 Å². The molecule has 0 radical (unpaired) electrons. The zero-order valence-corrected chi connectivity index (χ0v) is 18.0. The molecule has 1 aromatic carbocycles. The molecular weight excluding hydrogens is 399 g/mol. The van der Waals surface area contributed by atoms with Gasteiger partial charge in [-0.2, -0.15) is 0 Å². The molecule has 1 atom stereocenters. The van der Waals surface area contributed by atoms with Gasteiger partial charge in [-0.3, -0.25) is 4.79 Å². The minimum atomic E-state index is -1.13. The van der Waals surface area contributed by atoms with Crippen LogP contribution in [-0.2, 0) is 4.79 Å². The van der Waals surface area contributed by atoms with Gasteiger partial charge in [0.15, 0.2) is 11.9 Å². The number of ether oxygens (including phenoxy) is 1. The van der Waals surface area contributed by atoms with Gasteiger partial charge in [0.1, 0.15) is 5.82 Å². The maximum Gasteiger partial charge on any atom is 0.344 e. The number of carboxylic acids is 1. The molecular formula is C24H31FN2O4. The van der Waals surface area contributed by atoms with E-state index in [2.05, 4.69) is 10.3 Å². The van der Waals surface area contributed by atoms with Gasteiger partial charge < -0.3 is 20.1 Å². The van der Waals surface area contributed by atoms with E-state index in [1.165, 1.54) is 18.7 Å². The van der Waals surface area contributed by atoms with Gasteiger partial charge in [-0.1, -0.05) is 39.0 Å². The Morgan fingerprint density at radius 2 is 1.90 bits per heavy atom. The number of pyridine rings is 1. The number of benzene rings is 1. The average Bonchev–Trinajstić information content (AvgIpc) is 3.29. The summed E-state index contributed by atoms with van der Waals surface area (Å²) in [7, 11) is 0. The summed E-state index contributed by atoms with van der Waals surface area (Å²) < 4.78 is 20.8. The summed E-state index contributed by atoms with van der Waals surface area (Å²) in [5.74, 6) is -1.46. The number of nitrogens with one attached hydrogen (secondary N) is 2. The van der Waals surface area contributed by atoms with Crippen LogP contribution in [0.2, 0.25) is 0 Å². The number of aromatic nitrogens is 1. The predicted octanol–water partition coefficient (Wildman–Crippen LogP) is 5.31. The average molecular weight is 431 g/mol. The van der Waals surface area contributed by atoms with Crippen molar-refractivity contribution in [1.82, 2.24) is 4.98 Å². The molecule has 1 unspecified atom stereocenters. The molecule has 1 aromatic heterocycles. The first-order chi connectivity index (χ1) is 15.0. The van der Waals surface area contributed by atoms with Gasteiger partial charge in [-0.25, -0.2) is 9.18 Å². The Balaban J connectivity index is 1.80. The molecule has 7 heteroatoms. The van der Waals surface area contributed by atoms with Crippen LogP contribution >= 0.6 is 0 Å². The normalized spacial score (nSPS) is 18.9. The highest BCUT2D eigenvalue weighted by atomic mass is 19.1. The van der Waals surface area contributed by atoms with Gasteiger partial charge in [0.2, 0.25) is 5.43 Å². The Morgan fingerprint density at radius 3 is 2.55 bits per heavy atom. The lowest BCUT2D eigenvalue weighted by Gasteiger charge is -2.27. The molecule has 2 fully saturated rings. The topological polar surface area (TPSA) is 91.4 Å². The lowest BCUT2D eigenvalue weighted by Crippen LogP contribution is -2.28. The summed E-state index contributed by atoms with van der Waals surface area (Å²) >= 11 is 0. The Hall–Kier alpha value is -2.57. The fraction of sp³-hybridized carbons (Fsp3) is 0.583. The molecule has 2 aromatic rings. The van der Waals surface area contributed by atoms with Crippen LogP contribution in [0, 0.1) is 5.82 Å². The van der Waals surface area contributed by atoms with Gasteiger partial charge in [0, 0.05) is 17.8 Å². The lowest BCUT2D eigenvalue weighted by molar-refractivity contribution is -0.145. The minimum Gasteiger partial charge on any atom is -0.479 e. The Labute approximate surface area is 181 Å². The number of hydrogen-bond donors (Lipinski definition) is 3. The minimum absolute atomic E-state index is 0.0912. The van der Waals surface area contributed by atoms with Crippen LogP contribution in [0.4, 0.5) is 10.1 Å².